The topological polar surface area (TPSA) is 65.0 Å². The molecule has 0 saturated carbocycles. The Kier molecular flexibility index (Phi) is 5.97. The Morgan fingerprint density at radius 3 is 2.58 bits per heavy atom. The fourth-order valence-corrected chi connectivity index (χ4v) is 2.06. The van der Waals surface area contributed by atoms with E-state index in [9.17, 15) is 9.90 Å². The average molecular weight is 272 g/mol. The molecule has 1 fully saturated rings. The first-order chi connectivity index (χ1) is 8.88. The summed E-state index contributed by atoms with van der Waals surface area (Å²) in [6, 6.07) is 0. The molecule has 0 aromatic rings. The number of hydrogen-bond acceptors (Lipinski definition) is 5. The van der Waals surface area contributed by atoms with Crippen molar-refractivity contribution in [3.63, 3.8) is 0 Å². The van der Waals surface area contributed by atoms with E-state index in [0.29, 0.717) is 31.8 Å². The van der Waals surface area contributed by atoms with E-state index in [1.54, 1.807) is 19.9 Å². The highest BCUT2D eigenvalue weighted by atomic mass is 16.7. The molecule has 1 saturated heterocycles. The maximum atomic E-state index is 11.5. The number of aliphatic hydroxyl groups excluding tert-OH is 1. The highest BCUT2D eigenvalue weighted by molar-refractivity contribution is 5.87. The van der Waals surface area contributed by atoms with Gasteiger partial charge in [-0.25, -0.2) is 4.79 Å². The summed E-state index contributed by atoms with van der Waals surface area (Å²) in [5.41, 5.74) is 0.506. The van der Waals surface area contributed by atoms with Gasteiger partial charge in [0.15, 0.2) is 5.79 Å². The number of hydrogen-bond donors (Lipinski definition) is 1. The molecule has 1 aliphatic heterocycles. The Morgan fingerprint density at radius 1 is 1.47 bits per heavy atom. The van der Waals surface area contributed by atoms with Crippen LogP contribution in [0.25, 0.3) is 0 Å². The molecule has 1 heterocycles. The summed E-state index contributed by atoms with van der Waals surface area (Å²) < 4.78 is 15.8. The van der Waals surface area contributed by atoms with Crippen LogP contribution in [-0.2, 0) is 19.0 Å². The molecule has 5 heteroatoms. The molecule has 1 N–H and O–H groups in total. The second-order valence-corrected chi connectivity index (χ2v) is 5.03. The molecule has 2 atom stereocenters. The minimum atomic E-state index is -0.723. The predicted molar refractivity (Wildman–Crippen MR) is 70.5 cm³/mol. The zero-order valence-corrected chi connectivity index (χ0v) is 12.1. The number of carbonyl (C=O) groups is 1. The van der Waals surface area contributed by atoms with Gasteiger partial charge in [0.05, 0.1) is 25.9 Å². The summed E-state index contributed by atoms with van der Waals surface area (Å²) in [5.74, 6) is -1.24. The summed E-state index contributed by atoms with van der Waals surface area (Å²) in [5, 5.41) is 10.1. The smallest absolute Gasteiger partial charge is 0.333 e. The van der Waals surface area contributed by atoms with Gasteiger partial charge in [0.25, 0.3) is 0 Å². The van der Waals surface area contributed by atoms with E-state index in [0.717, 1.165) is 0 Å². The number of ether oxygens (including phenoxy) is 3. The van der Waals surface area contributed by atoms with Crippen LogP contribution < -0.4 is 0 Å². The van der Waals surface area contributed by atoms with E-state index in [2.05, 4.69) is 0 Å². The first-order valence-corrected chi connectivity index (χ1v) is 6.69. The third-order valence-electron chi connectivity index (χ3n) is 3.20. The molecule has 0 bridgehead atoms. The van der Waals surface area contributed by atoms with Crippen molar-refractivity contribution in [1.82, 2.24) is 0 Å². The van der Waals surface area contributed by atoms with Crippen molar-refractivity contribution >= 4 is 5.97 Å². The molecular formula is C14H24O5. The molecule has 0 amide bonds. The van der Waals surface area contributed by atoms with Crippen molar-refractivity contribution in [3.8, 4) is 0 Å². The van der Waals surface area contributed by atoms with Crippen LogP contribution in [0.1, 0.15) is 34.1 Å². The first kappa shape index (κ1) is 16.1. The molecule has 0 unspecified atom stereocenters. The Hall–Kier alpha value is -0.910. The van der Waals surface area contributed by atoms with Gasteiger partial charge in [-0.2, -0.15) is 0 Å². The van der Waals surface area contributed by atoms with Gasteiger partial charge in [-0.3, -0.25) is 0 Å². The van der Waals surface area contributed by atoms with Crippen molar-refractivity contribution in [3.05, 3.63) is 11.6 Å². The van der Waals surface area contributed by atoms with Gasteiger partial charge in [0.2, 0.25) is 0 Å². The summed E-state index contributed by atoms with van der Waals surface area (Å²) >= 11 is 0. The fourth-order valence-electron chi connectivity index (χ4n) is 2.06. The van der Waals surface area contributed by atoms with Crippen molar-refractivity contribution in [1.29, 1.82) is 0 Å². The van der Waals surface area contributed by atoms with Crippen LogP contribution in [0, 0.1) is 5.92 Å². The van der Waals surface area contributed by atoms with Crippen molar-refractivity contribution in [2.45, 2.75) is 46.0 Å². The lowest BCUT2D eigenvalue weighted by Crippen LogP contribution is -2.33. The van der Waals surface area contributed by atoms with E-state index in [-0.39, 0.29) is 11.9 Å². The quantitative estimate of drug-likeness (QED) is 0.588. The zero-order chi connectivity index (χ0) is 14.5. The van der Waals surface area contributed by atoms with Crippen LogP contribution in [0.4, 0.5) is 0 Å². The molecule has 0 radical (unpaired) electrons. The lowest BCUT2D eigenvalue weighted by Gasteiger charge is -2.27. The van der Waals surface area contributed by atoms with Crippen molar-refractivity contribution in [2.75, 3.05) is 19.8 Å². The Bertz CT molecular complexity index is 331. The summed E-state index contributed by atoms with van der Waals surface area (Å²) in [6.07, 6.45) is 1.47. The van der Waals surface area contributed by atoms with Crippen LogP contribution in [0.3, 0.4) is 0 Å². The highest BCUT2D eigenvalue weighted by Gasteiger charge is 2.34. The van der Waals surface area contributed by atoms with E-state index in [1.807, 2.05) is 13.8 Å². The Balaban J connectivity index is 2.54. The molecule has 1 aliphatic rings. The zero-order valence-electron chi connectivity index (χ0n) is 12.1. The second kappa shape index (κ2) is 7.03. The normalized spacial score (nSPS) is 22.1. The number of esters is 1. The van der Waals surface area contributed by atoms with E-state index < -0.39 is 11.9 Å². The van der Waals surface area contributed by atoms with E-state index in [1.165, 1.54) is 0 Å². The molecule has 0 aliphatic carbocycles. The highest BCUT2D eigenvalue weighted by Crippen LogP contribution is 2.27. The number of rotatable bonds is 6. The molecule has 0 aromatic heterocycles. The van der Waals surface area contributed by atoms with E-state index in [4.69, 9.17) is 14.2 Å². The summed E-state index contributed by atoms with van der Waals surface area (Å²) in [7, 11) is 0. The maximum absolute atomic E-state index is 11.5. The first-order valence-electron chi connectivity index (χ1n) is 6.69. The standard InChI is InChI=1S/C14H24O5/c1-5-17-13(16)11(3)8-10(2)12(15)9-14(4)18-6-7-19-14/h8,10,12,15H,5-7,9H2,1-4H3/b11-8+/t10-,12-/m1/s1. The molecule has 19 heavy (non-hydrogen) atoms. The SMILES string of the molecule is CCOC(=O)/C(C)=C/[C@@H](C)[C@H](O)CC1(C)OCCO1. The molecule has 0 spiro atoms. The largest absolute Gasteiger partial charge is 0.463 e. The second-order valence-electron chi connectivity index (χ2n) is 5.03. The monoisotopic (exact) mass is 272 g/mol. The lowest BCUT2D eigenvalue weighted by atomic mass is 9.96. The predicted octanol–water partition coefficient (Wildman–Crippen LogP) is 1.65. The van der Waals surface area contributed by atoms with Gasteiger partial charge in [0, 0.05) is 17.9 Å². The molecule has 5 nitrogen and oxygen atoms in total. The molecule has 110 valence electrons. The third kappa shape index (κ3) is 4.93. The van der Waals surface area contributed by atoms with Crippen LogP contribution in [0.5, 0.6) is 0 Å². The van der Waals surface area contributed by atoms with Gasteiger partial charge in [-0.05, 0) is 20.8 Å². The minimum Gasteiger partial charge on any atom is -0.463 e. The number of carbonyl (C=O) groups excluding carboxylic acids is 1. The average Bonchev–Trinajstić information content (AvgIpc) is 2.75. The van der Waals surface area contributed by atoms with Crippen LogP contribution >= 0.6 is 0 Å². The number of aliphatic hydroxyl groups is 1. The summed E-state index contributed by atoms with van der Waals surface area (Å²) in [4.78, 5) is 11.5. The summed E-state index contributed by atoms with van der Waals surface area (Å²) in [6.45, 7) is 8.57. The van der Waals surface area contributed by atoms with Gasteiger partial charge in [0.1, 0.15) is 0 Å². The van der Waals surface area contributed by atoms with Crippen LogP contribution in [0.2, 0.25) is 0 Å². The molecular weight excluding hydrogens is 248 g/mol. The van der Waals surface area contributed by atoms with Crippen molar-refractivity contribution < 1.29 is 24.1 Å². The molecule has 1 rings (SSSR count). The lowest BCUT2D eigenvalue weighted by molar-refractivity contribution is -0.165. The Labute approximate surface area is 114 Å². The van der Waals surface area contributed by atoms with Crippen LogP contribution in [0.15, 0.2) is 11.6 Å². The van der Waals surface area contributed by atoms with E-state index >= 15 is 0 Å². The van der Waals surface area contributed by atoms with Crippen molar-refractivity contribution in [2.24, 2.45) is 5.92 Å². The maximum Gasteiger partial charge on any atom is 0.333 e. The van der Waals surface area contributed by atoms with Crippen LogP contribution in [-0.4, -0.2) is 42.8 Å². The van der Waals surface area contributed by atoms with Gasteiger partial charge >= 0.3 is 5.97 Å². The third-order valence-corrected chi connectivity index (χ3v) is 3.20. The fraction of sp³-hybridized carbons (Fsp3) is 0.786. The van der Waals surface area contributed by atoms with Gasteiger partial charge in [-0.1, -0.05) is 13.0 Å². The molecule has 0 aromatic carbocycles. The minimum absolute atomic E-state index is 0.172. The van der Waals surface area contributed by atoms with Gasteiger partial charge in [-0.15, -0.1) is 0 Å². The Morgan fingerprint density at radius 2 is 2.05 bits per heavy atom. The van der Waals surface area contributed by atoms with Gasteiger partial charge < -0.3 is 19.3 Å².